The van der Waals surface area contributed by atoms with Crippen molar-refractivity contribution in [2.24, 2.45) is 5.73 Å². The first-order chi connectivity index (χ1) is 10.2. The van der Waals surface area contributed by atoms with E-state index in [9.17, 15) is 4.79 Å². The first-order valence-corrected chi connectivity index (χ1v) is 7.46. The molecular weight excluding hydrogens is 304 g/mol. The Kier molecular flexibility index (Phi) is 3.80. The third-order valence-electron chi connectivity index (χ3n) is 2.99. The van der Waals surface area contributed by atoms with E-state index in [0.717, 1.165) is 10.4 Å². The molecule has 0 fully saturated rings. The van der Waals surface area contributed by atoms with Crippen LogP contribution in [-0.2, 0) is 0 Å². The molecule has 0 aliphatic rings. The fraction of sp³-hybridized carbons (Fsp3) is 0.0625. The number of hydrogen-bond donors (Lipinski definition) is 1. The number of hydrogen-bond acceptors (Lipinski definition) is 3. The number of nitrogens with two attached hydrogens (primary N) is 1. The minimum atomic E-state index is -0.0475. The van der Waals surface area contributed by atoms with Crippen molar-refractivity contribution in [2.75, 3.05) is 6.54 Å². The van der Waals surface area contributed by atoms with E-state index in [1.807, 2.05) is 24.3 Å². The molecule has 0 spiro atoms. The van der Waals surface area contributed by atoms with Gasteiger partial charge in [0, 0.05) is 5.02 Å². The summed E-state index contributed by atoms with van der Waals surface area (Å²) in [4.78, 5) is 12.5. The van der Waals surface area contributed by atoms with E-state index in [0.29, 0.717) is 16.0 Å². The third kappa shape index (κ3) is 2.59. The van der Waals surface area contributed by atoms with E-state index in [-0.39, 0.29) is 12.1 Å². The second kappa shape index (κ2) is 5.74. The first-order valence-electron chi connectivity index (χ1n) is 6.30. The van der Waals surface area contributed by atoms with Crippen LogP contribution in [0.2, 0.25) is 5.02 Å². The Bertz CT molecular complexity index is 931. The fourth-order valence-corrected chi connectivity index (χ4v) is 3.26. The molecule has 1 heterocycles. The summed E-state index contributed by atoms with van der Waals surface area (Å²) in [6.45, 7) is 0.257. The Morgan fingerprint density at radius 1 is 1.24 bits per heavy atom. The second-order valence-corrected chi connectivity index (χ2v) is 5.78. The Morgan fingerprint density at radius 3 is 2.81 bits per heavy atom. The molecule has 3 nitrogen and oxygen atoms in total. The number of rotatable bonds is 1. The van der Waals surface area contributed by atoms with E-state index < -0.39 is 0 Å². The fourth-order valence-electron chi connectivity index (χ4n) is 2.06. The Balaban J connectivity index is 2.28. The monoisotopic (exact) mass is 314 g/mol. The molecule has 0 atom stereocenters. The molecule has 1 aromatic heterocycles. The highest BCUT2D eigenvalue weighted by atomic mass is 35.5. The molecule has 0 saturated carbocycles. The van der Waals surface area contributed by atoms with Crippen LogP contribution in [0.1, 0.15) is 5.56 Å². The topological polar surface area (TPSA) is 48.0 Å². The van der Waals surface area contributed by atoms with Crippen molar-refractivity contribution in [1.29, 1.82) is 0 Å². The van der Waals surface area contributed by atoms with Gasteiger partial charge in [0.05, 0.1) is 27.9 Å². The maximum Gasteiger partial charge on any atom is 0.273 e. The lowest BCUT2D eigenvalue weighted by atomic mass is 10.2. The van der Waals surface area contributed by atoms with E-state index in [4.69, 9.17) is 17.3 Å². The molecule has 0 radical (unpaired) electrons. The summed E-state index contributed by atoms with van der Waals surface area (Å²) < 4.78 is 2.58. The molecule has 0 unspecified atom stereocenters. The smallest absolute Gasteiger partial charge is 0.273 e. The Morgan fingerprint density at radius 2 is 2.05 bits per heavy atom. The Labute approximate surface area is 130 Å². The molecule has 21 heavy (non-hydrogen) atoms. The molecule has 0 bridgehead atoms. The zero-order valence-electron chi connectivity index (χ0n) is 11.0. The summed E-state index contributed by atoms with van der Waals surface area (Å²) >= 11 is 7.41. The average Bonchev–Trinajstić information content (AvgIpc) is 2.83. The molecule has 3 rings (SSSR count). The van der Waals surface area contributed by atoms with Gasteiger partial charge in [-0.3, -0.25) is 4.79 Å². The van der Waals surface area contributed by atoms with Crippen LogP contribution in [0, 0.1) is 11.8 Å². The largest absolute Gasteiger partial charge is 0.320 e. The van der Waals surface area contributed by atoms with Crippen LogP contribution in [0.15, 0.2) is 47.3 Å². The van der Waals surface area contributed by atoms with Crippen molar-refractivity contribution in [3.63, 3.8) is 0 Å². The third-order valence-corrected chi connectivity index (χ3v) is 4.33. The van der Waals surface area contributed by atoms with Gasteiger partial charge >= 0.3 is 0 Å². The quantitative estimate of drug-likeness (QED) is 0.702. The van der Waals surface area contributed by atoms with Crippen molar-refractivity contribution >= 4 is 33.2 Å². The number of aromatic nitrogens is 1. The molecule has 3 aromatic rings. The van der Waals surface area contributed by atoms with Gasteiger partial charge < -0.3 is 5.73 Å². The summed E-state index contributed by atoms with van der Waals surface area (Å²) in [5, 5.41) is 1.28. The number of fused-ring (bicyclic) bond motifs is 1. The number of nitrogens with zero attached hydrogens (tertiary/aromatic N) is 1. The van der Waals surface area contributed by atoms with Gasteiger partial charge in [-0.2, -0.15) is 0 Å². The summed E-state index contributed by atoms with van der Waals surface area (Å²) in [5.74, 6) is 5.77. The predicted molar refractivity (Wildman–Crippen MR) is 88.4 cm³/mol. The minimum Gasteiger partial charge on any atom is -0.320 e. The van der Waals surface area contributed by atoms with Crippen LogP contribution in [0.5, 0.6) is 0 Å². The molecule has 0 aliphatic heterocycles. The van der Waals surface area contributed by atoms with Gasteiger partial charge in [0.15, 0.2) is 0 Å². The molecule has 0 aliphatic carbocycles. The van der Waals surface area contributed by atoms with Crippen LogP contribution >= 0.6 is 23.1 Å². The van der Waals surface area contributed by atoms with Crippen LogP contribution in [0.3, 0.4) is 0 Å². The highest BCUT2D eigenvalue weighted by molar-refractivity contribution is 7.14. The standard InChI is InChI=1S/C16H11ClN2OS/c17-12-7-8-14(11(10-12)4-3-9-18)19-16(20)13-5-1-2-6-15(13)21-19/h1-2,5-8,10H,9,18H2. The lowest BCUT2D eigenvalue weighted by Crippen LogP contribution is -2.12. The van der Waals surface area contributed by atoms with E-state index in [2.05, 4.69) is 11.8 Å². The van der Waals surface area contributed by atoms with Gasteiger partial charge in [0.1, 0.15) is 0 Å². The number of benzene rings is 2. The van der Waals surface area contributed by atoms with Crippen molar-refractivity contribution in [3.8, 4) is 17.5 Å². The highest BCUT2D eigenvalue weighted by Crippen LogP contribution is 2.24. The van der Waals surface area contributed by atoms with E-state index in [1.165, 1.54) is 11.5 Å². The molecule has 0 saturated heterocycles. The van der Waals surface area contributed by atoms with Gasteiger partial charge in [-0.15, -0.1) is 0 Å². The van der Waals surface area contributed by atoms with Crippen LogP contribution in [0.4, 0.5) is 0 Å². The minimum absolute atomic E-state index is 0.0475. The molecule has 2 N–H and O–H groups in total. The first kappa shape index (κ1) is 13.9. The average molecular weight is 315 g/mol. The normalized spacial score (nSPS) is 10.4. The van der Waals surface area contributed by atoms with Crippen LogP contribution < -0.4 is 11.3 Å². The molecule has 104 valence electrons. The SMILES string of the molecule is NCC#Cc1cc(Cl)ccc1-n1sc2ccccc2c1=O. The zero-order chi connectivity index (χ0) is 14.8. The molecular formula is C16H11ClN2OS. The van der Waals surface area contributed by atoms with E-state index in [1.54, 1.807) is 22.2 Å². The van der Waals surface area contributed by atoms with Crippen molar-refractivity contribution in [1.82, 2.24) is 3.96 Å². The van der Waals surface area contributed by atoms with Crippen LogP contribution in [0.25, 0.3) is 15.8 Å². The maximum absolute atomic E-state index is 12.5. The Hall–Kier alpha value is -2.06. The second-order valence-electron chi connectivity index (χ2n) is 4.35. The predicted octanol–water partition coefficient (Wildman–Crippen LogP) is 3.02. The molecule has 5 heteroatoms. The van der Waals surface area contributed by atoms with Crippen molar-refractivity contribution in [2.45, 2.75) is 0 Å². The van der Waals surface area contributed by atoms with Gasteiger partial charge in [-0.25, -0.2) is 3.96 Å². The highest BCUT2D eigenvalue weighted by Gasteiger charge is 2.11. The van der Waals surface area contributed by atoms with E-state index >= 15 is 0 Å². The van der Waals surface area contributed by atoms with Gasteiger partial charge in [-0.05, 0) is 30.3 Å². The van der Waals surface area contributed by atoms with Gasteiger partial charge in [0.2, 0.25) is 0 Å². The number of halogens is 1. The summed E-state index contributed by atoms with van der Waals surface area (Å²) in [6.07, 6.45) is 0. The summed E-state index contributed by atoms with van der Waals surface area (Å²) in [7, 11) is 0. The molecule has 2 aromatic carbocycles. The van der Waals surface area contributed by atoms with Gasteiger partial charge in [0.25, 0.3) is 5.56 Å². The van der Waals surface area contributed by atoms with Crippen molar-refractivity contribution < 1.29 is 0 Å². The van der Waals surface area contributed by atoms with Crippen LogP contribution in [-0.4, -0.2) is 10.5 Å². The maximum atomic E-state index is 12.5. The lowest BCUT2D eigenvalue weighted by molar-refractivity contribution is 1.14. The van der Waals surface area contributed by atoms with Crippen molar-refractivity contribution in [3.05, 3.63) is 63.4 Å². The summed E-state index contributed by atoms with van der Waals surface area (Å²) in [5.41, 5.74) is 6.80. The van der Waals surface area contributed by atoms with Gasteiger partial charge in [-0.1, -0.05) is 47.1 Å². The molecule has 0 amide bonds. The lowest BCUT2D eigenvalue weighted by Gasteiger charge is -2.04. The zero-order valence-corrected chi connectivity index (χ0v) is 12.5. The summed E-state index contributed by atoms with van der Waals surface area (Å²) in [6, 6.07) is 12.8.